The molecule has 254 valence electrons. The maximum Gasteiger partial charge on any atom is 0.247 e. The molecule has 3 aromatic rings. The van der Waals surface area contributed by atoms with E-state index in [1.54, 1.807) is 13.2 Å². The molecule has 1 saturated carbocycles. The second-order valence-corrected chi connectivity index (χ2v) is 12.8. The number of hydrogen-bond donors (Lipinski definition) is 2. The first-order chi connectivity index (χ1) is 23.4. The van der Waals surface area contributed by atoms with Gasteiger partial charge in [-0.25, -0.2) is 23.8 Å². The first-order valence-electron chi connectivity index (χ1n) is 16.7. The van der Waals surface area contributed by atoms with Crippen molar-refractivity contribution in [3.63, 3.8) is 0 Å². The SMILES string of the molecule is C=CC(=O)Nc1cc(Nc2cc(N3OCC[C@@H]3c3cc(F)ccc3F)ncn2)c(OC)cc1N1CCC(N2CCN(C3CC3)CC2)CC1. The Morgan fingerprint density at radius 3 is 2.35 bits per heavy atom. The van der Waals surface area contributed by atoms with Crippen LogP contribution in [0.15, 0.2) is 55.4 Å². The second kappa shape index (κ2) is 14.0. The van der Waals surface area contributed by atoms with Crippen molar-refractivity contribution in [1.29, 1.82) is 0 Å². The predicted molar refractivity (Wildman–Crippen MR) is 181 cm³/mol. The van der Waals surface area contributed by atoms with Gasteiger partial charge in [-0.05, 0) is 56.0 Å². The summed E-state index contributed by atoms with van der Waals surface area (Å²) in [5.41, 5.74) is 2.27. The molecule has 3 saturated heterocycles. The number of ether oxygens (including phenoxy) is 1. The number of benzene rings is 2. The highest BCUT2D eigenvalue weighted by Gasteiger charge is 2.35. The van der Waals surface area contributed by atoms with Gasteiger partial charge in [0.05, 0.1) is 36.8 Å². The molecule has 11 nitrogen and oxygen atoms in total. The minimum atomic E-state index is -0.561. The lowest BCUT2D eigenvalue weighted by molar-refractivity contribution is -0.111. The number of hydroxylamine groups is 1. The maximum atomic E-state index is 14.7. The maximum absolute atomic E-state index is 14.7. The molecule has 4 heterocycles. The number of piperidine rings is 1. The van der Waals surface area contributed by atoms with Gasteiger partial charge < -0.3 is 20.3 Å². The molecular formula is C35H42F2N8O3. The van der Waals surface area contributed by atoms with E-state index in [4.69, 9.17) is 9.57 Å². The predicted octanol–water partition coefficient (Wildman–Crippen LogP) is 5.26. The number of aromatic nitrogens is 2. The third-order valence-electron chi connectivity index (χ3n) is 9.86. The van der Waals surface area contributed by atoms with Gasteiger partial charge in [0, 0.05) is 75.5 Å². The smallest absolute Gasteiger partial charge is 0.247 e. The van der Waals surface area contributed by atoms with Crippen molar-refractivity contribution in [3.05, 3.63) is 72.6 Å². The number of nitrogens with one attached hydrogen (secondary N) is 2. The zero-order valence-electron chi connectivity index (χ0n) is 27.2. The van der Waals surface area contributed by atoms with Crippen LogP contribution >= 0.6 is 0 Å². The fourth-order valence-electron chi connectivity index (χ4n) is 7.18. The normalized spacial score (nSPS) is 20.9. The minimum Gasteiger partial charge on any atom is -0.494 e. The van der Waals surface area contributed by atoms with Crippen molar-refractivity contribution in [2.24, 2.45) is 0 Å². The lowest BCUT2D eigenvalue weighted by Crippen LogP contribution is -2.53. The van der Waals surface area contributed by atoms with Crippen molar-refractivity contribution >= 4 is 34.6 Å². The summed E-state index contributed by atoms with van der Waals surface area (Å²) in [5.74, 6) is 0.0120. The molecule has 1 amide bonds. The first kappa shape index (κ1) is 32.2. The molecule has 7 rings (SSSR count). The number of anilines is 5. The van der Waals surface area contributed by atoms with Crippen LogP contribution in [0.3, 0.4) is 0 Å². The van der Waals surface area contributed by atoms with Gasteiger partial charge >= 0.3 is 0 Å². The van der Waals surface area contributed by atoms with Crippen LogP contribution in [-0.4, -0.2) is 90.7 Å². The number of halogens is 2. The molecule has 13 heteroatoms. The summed E-state index contributed by atoms with van der Waals surface area (Å²) in [6.45, 7) is 10.3. The number of rotatable bonds is 10. The summed E-state index contributed by atoms with van der Waals surface area (Å²) in [5, 5.41) is 7.76. The Hall–Kier alpha value is -4.33. The third kappa shape index (κ3) is 6.94. The van der Waals surface area contributed by atoms with Crippen LogP contribution in [0.4, 0.5) is 37.5 Å². The van der Waals surface area contributed by atoms with E-state index in [1.807, 2.05) is 12.1 Å². The molecule has 2 N–H and O–H groups in total. The summed E-state index contributed by atoms with van der Waals surface area (Å²) in [6.07, 6.45) is 7.88. The third-order valence-corrected chi connectivity index (χ3v) is 9.86. The molecule has 1 aromatic heterocycles. The molecule has 1 aliphatic carbocycles. The summed E-state index contributed by atoms with van der Waals surface area (Å²) in [4.78, 5) is 34.7. The van der Waals surface area contributed by atoms with E-state index in [9.17, 15) is 13.6 Å². The average Bonchev–Trinajstić information content (AvgIpc) is 3.85. The van der Waals surface area contributed by atoms with Gasteiger partial charge in [0.15, 0.2) is 5.82 Å². The van der Waals surface area contributed by atoms with Crippen LogP contribution in [0.25, 0.3) is 0 Å². The van der Waals surface area contributed by atoms with Crippen molar-refractivity contribution in [2.75, 3.05) is 73.6 Å². The van der Waals surface area contributed by atoms with Gasteiger partial charge in [-0.2, -0.15) is 0 Å². The average molecular weight is 661 g/mol. The molecule has 2 aromatic carbocycles. The van der Waals surface area contributed by atoms with Crippen LogP contribution in [0.2, 0.25) is 0 Å². The fourth-order valence-corrected chi connectivity index (χ4v) is 7.18. The van der Waals surface area contributed by atoms with Crippen LogP contribution in [-0.2, 0) is 9.63 Å². The zero-order chi connectivity index (χ0) is 33.2. The molecule has 48 heavy (non-hydrogen) atoms. The van der Waals surface area contributed by atoms with Gasteiger partial charge in [-0.1, -0.05) is 6.58 Å². The number of carbonyl (C=O) groups is 1. The lowest BCUT2D eigenvalue weighted by Gasteiger charge is -2.43. The molecule has 3 aliphatic heterocycles. The minimum absolute atomic E-state index is 0.195. The fraction of sp³-hybridized carbons (Fsp3) is 0.457. The molecule has 1 atom stereocenters. The van der Waals surface area contributed by atoms with Gasteiger partial charge in [-0.15, -0.1) is 0 Å². The Morgan fingerprint density at radius 1 is 0.938 bits per heavy atom. The number of amides is 1. The lowest BCUT2D eigenvalue weighted by atomic mass is 10.0. The number of piperazine rings is 1. The van der Waals surface area contributed by atoms with E-state index >= 15 is 0 Å². The molecule has 4 aliphatic rings. The summed E-state index contributed by atoms with van der Waals surface area (Å²) in [7, 11) is 1.60. The highest BCUT2D eigenvalue weighted by molar-refractivity contribution is 6.02. The van der Waals surface area contributed by atoms with Crippen molar-refractivity contribution < 1.29 is 23.1 Å². The number of nitrogens with zero attached hydrogens (tertiary/aromatic N) is 6. The van der Waals surface area contributed by atoms with E-state index in [0.717, 1.165) is 62.9 Å². The monoisotopic (exact) mass is 660 g/mol. The molecule has 4 fully saturated rings. The second-order valence-electron chi connectivity index (χ2n) is 12.8. The Balaban J connectivity index is 1.09. The van der Waals surface area contributed by atoms with Crippen molar-refractivity contribution in [3.8, 4) is 5.75 Å². The molecule has 0 spiro atoms. The zero-order valence-corrected chi connectivity index (χ0v) is 27.2. The highest BCUT2D eigenvalue weighted by Crippen LogP contribution is 2.41. The van der Waals surface area contributed by atoms with E-state index in [1.165, 1.54) is 49.5 Å². The van der Waals surface area contributed by atoms with E-state index in [0.29, 0.717) is 47.8 Å². The first-order valence-corrected chi connectivity index (χ1v) is 16.7. The van der Waals surface area contributed by atoms with Gasteiger partial charge in [-0.3, -0.25) is 19.4 Å². The van der Waals surface area contributed by atoms with Gasteiger partial charge in [0.1, 0.15) is 29.5 Å². The highest BCUT2D eigenvalue weighted by atomic mass is 19.1. The van der Waals surface area contributed by atoms with E-state index in [-0.39, 0.29) is 11.5 Å². The Labute approximate surface area is 279 Å². The molecule has 0 bridgehead atoms. The van der Waals surface area contributed by atoms with Crippen molar-refractivity contribution in [1.82, 2.24) is 19.8 Å². The van der Waals surface area contributed by atoms with Crippen molar-refractivity contribution in [2.45, 2.75) is 50.2 Å². The van der Waals surface area contributed by atoms with E-state index < -0.39 is 17.7 Å². The molecular weight excluding hydrogens is 618 g/mol. The topological polar surface area (TPSA) is 98.3 Å². The molecule has 0 radical (unpaired) electrons. The van der Waals surface area contributed by atoms with Gasteiger partial charge in [0.2, 0.25) is 5.91 Å². The van der Waals surface area contributed by atoms with Gasteiger partial charge in [0.25, 0.3) is 0 Å². The summed E-state index contributed by atoms with van der Waals surface area (Å²) < 4.78 is 34.5. The Bertz CT molecular complexity index is 1640. The quantitative estimate of drug-likeness (QED) is 0.280. The number of hydrogen-bond acceptors (Lipinski definition) is 10. The Kier molecular flexibility index (Phi) is 9.42. The van der Waals surface area contributed by atoms with Crippen LogP contribution in [0.5, 0.6) is 5.75 Å². The standard InChI is InChI=1S/C35H42F2N8O3/c1-3-35(46)41-28-19-29(40-33-21-34(39-22-38-33)45-30(10-17-48-45)26-18-23(36)4-7-27(26)37)32(47-2)20-31(28)44-11-8-25(9-12-44)43-15-13-42(14-16-43)24-5-6-24/h3-4,7,18-22,24-25,30H,1,5-6,8-17H2,2H3,(H,41,46)(H,38,39,40)/t30-/m1/s1. The van der Waals surface area contributed by atoms with Crippen LogP contribution in [0.1, 0.15) is 43.7 Å². The summed E-state index contributed by atoms with van der Waals surface area (Å²) in [6, 6.07) is 9.65. The van der Waals surface area contributed by atoms with E-state index in [2.05, 4.69) is 41.9 Å². The molecule has 0 unspecified atom stereocenters. The number of methoxy groups -OCH3 is 1. The summed E-state index contributed by atoms with van der Waals surface area (Å²) >= 11 is 0. The van der Waals surface area contributed by atoms with Crippen LogP contribution in [0, 0.1) is 11.6 Å². The largest absolute Gasteiger partial charge is 0.494 e. The Morgan fingerprint density at radius 2 is 1.67 bits per heavy atom. The number of carbonyl (C=O) groups excluding carboxylic acids is 1. The van der Waals surface area contributed by atoms with Crippen LogP contribution < -0.4 is 25.3 Å².